The van der Waals surface area contributed by atoms with E-state index in [1.165, 1.54) is 16.2 Å². The van der Waals surface area contributed by atoms with E-state index in [1.54, 1.807) is 17.4 Å². The van der Waals surface area contributed by atoms with Gasteiger partial charge in [0, 0.05) is 39.3 Å². The van der Waals surface area contributed by atoms with Crippen molar-refractivity contribution in [2.45, 2.75) is 12.8 Å². The van der Waals surface area contributed by atoms with Gasteiger partial charge in [-0.1, -0.05) is 24.3 Å². The van der Waals surface area contributed by atoms with Crippen LogP contribution in [0.25, 0.3) is 10.9 Å². The van der Waals surface area contributed by atoms with E-state index in [0.29, 0.717) is 11.4 Å². The Hall–Kier alpha value is -2.90. The number of para-hydroxylation sites is 1. The maximum absolute atomic E-state index is 12.4. The van der Waals surface area contributed by atoms with Crippen LogP contribution in [0.1, 0.15) is 30.9 Å². The van der Waals surface area contributed by atoms with Crippen LogP contribution in [0.4, 0.5) is 0 Å². The number of fused-ring (bicyclic) bond motifs is 1. The van der Waals surface area contributed by atoms with Crippen LogP contribution in [-0.2, 0) is 4.79 Å². The van der Waals surface area contributed by atoms with Crippen LogP contribution < -0.4 is 10.6 Å². The first kappa shape index (κ1) is 19.4. The molecule has 0 spiro atoms. The number of hydrogen-bond acceptors (Lipinski definition) is 4. The fraction of sp³-hybridized carbons (Fsp3) is 0.182. The first-order valence-electron chi connectivity index (χ1n) is 9.32. The molecule has 0 aliphatic carbocycles. The molecular weight excluding hydrogens is 402 g/mol. The van der Waals surface area contributed by atoms with E-state index in [4.69, 9.17) is 0 Å². The summed E-state index contributed by atoms with van der Waals surface area (Å²) in [7, 11) is 0. The summed E-state index contributed by atoms with van der Waals surface area (Å²) in [5.74, 6) is -0.372. The molecule has 4 aromatic rings. The zero-order valence-electron chi connectivity index (χ0n) is 15.9. The van der Waals surface area contributed by atoms with E-state index in [0.717, 1.165) is 21.3 Å². The number of aryl methyl sites for hydroxylation is 1. The first-order valence-corrected chi connectivity index (χ1v) is 11.0. The van der Waals surface area contributed by atoms with Gasteiger partial charge in [0.05, 0.1) is 11.4 Å². The van der Waals surface area contributed by atoms with Crippen molar-refractivity contribution in [1.29, 1.82) is 0 Å². The summed E-state index contributed by atoms with van der Waals surface area (Å²) < 4.78 is 0. The lowest BCUT2D eigenvalue weighted by Crippen LogP contribution is -2.38. The fourth-order valence-electron chi connectivity index (χ4n) is 3.32. The third-order valence-electron chi connectivity index (χ3n) is 4.76. The summed E-state index contributed by atoms with van der Waals surface area (Å²) in [5, 5.41) is 8.87. The van der Waals surface area contributed by atoms with Crippen molar-refractivity contribution in [3.63, 3.8) is 0 Å². The van der Waals surface area contributed by atoms with E-state index < -0.39 is 0 Å². The summed E-state index contributed by atoms with van der Waals surface area (Å²) in [6, 6.07) is 15.9. The van der Waals surface area contributed by atoms with Gasteiger partial charge in [0.15, 0.2) is 0 Å². The van der Waals surface area contributed by atoms with Crippen molar-refractivity contribution in [2.75, 3.05) is 13.1 Å². The van der Waals surface area contributed by atoms with Crippen LogP contribution in [0, 0.1) is 6.92 Å². The van der Waals surface area contributed by atoms with Gasteiger partial charge in [-0.15, -0.1) is 22.7 Å². The van der Waals surface area contributed by atoms with Gasteiger partial charge < -0.3 is 15.6 Å². The Morgan fingerprint density at radius 1 is 1.07 bits per heavy atom. The van der Waals surface area contributed by atoms with Crippen LogP contribution in [0.2, 0.25) is 0 Å². The van der Waals surface area contributed by atoms with Gasteiger partial charge in [0.1, 0.15) is 0 Å². The Balaban J connectivity index is 1.42. The van der Waals surface area contributed by atoms with Gasteiger partial charge in [-0.25, -0.2) is 0 Å². The van der Waals surface area contributed by atoms with Crippen molar-refractivity contribution in [3.8, 4) is 0 Å². The van der Waals surface area contributed by atoms with Crippen LogP contribution in [-0.4, -0.2) is 29.9 Å². The number of amides is 2. The highest BCUT2D eigenvalue weighted by atomic mass is 32.1. The Labute approximate surface area is 176 Å². The van der Waals surface area contributed by atoms with Crippen molar-refractivity contribution in [1.82, 2.24) is 15.6 Å². The average Bonchev–Trinajstić information content (AvgIpc) is 3.48. The highest BCUT2D eigenvalue weighted by Crippen LogP contribution is 2.32. The normalized spacial score (nSPS) is 12.0. The monoisotopic (exact) mass is 423 g/mol. The van der Waals surface area contributed by atoms with Gasteiger partial charge in [-0.3, -0.25) is 9.59 Å². The molecule has 0 aliphatic rings. The van der Waals surface area contributed by atoms with E-state index in [1.807, 2.05) is 48.8 Å². The molecule has 3 aromatic heterocycles. The minimum absolute atomic E-state index is 0.0408. The van der Waals surface area contributed by atoms with Gasteiger partial charge in [-0.05, 0) is 42.1 Å². The lowest BCUT2D eigenvalue weighted by Gasteiger charge is -2.16. The van der Waals surface area contributed by atoms with E-state index in [9.17, 15) is 9.59 Å². The summed E-state index contributed by atoms with van der Waals surface area (Å²) in [5.41, 5.74) is 2.23. The SMILES string of the molecule is Cc1ccc(C(=O)NCC(=O)NC[C@@H](c2cccs2)c2c[nH]c3ccccc23)s1. The van der Waals surface area contributed by atoms with Crippen molar-refractivity contribution in [2.24, 2.45) is 0 Å². The molecule has 0 radical (unpaired) electrons. The lowest BCUT2D eigenvalue weighted by atomic mass is 9.96. The van der Waals surface area contributed by atoms with Crippen LogP contribution >= 0.6 is 22.7 Å². The number of carbonyl (C=O) groups excluding carboxylic acids is 2. The molecule has 7 heteroatoms. The quantitative estimate of drug-likeness (QED) is 0.415. The Bertz CT molecular complexity index is 1130. The molecule has 1 aromatic carbocycles. The molecule has 4 rings (SSSR count). The predicted octanol–water partition coefficient (Wildman–Crippen LogP) is 4.28. The number of rotatable bonds is 7. The molecule has 0 saturated heterocycles. The number of benzene rings is 1. The molecule has 29 heavy (non-hydrogen) atoms. The second-order valence-corrected chi connectivity index (χ2v) is 9.02. The Morgan fingerprint density at radius 3 is 2.69 bits per heavy atom. The van der Waals surface area contributed by atoms with E-state index in [2.05, 4.69) is 27.8 Å². The minimum Gasteiger partial charge on any atom is -0.361 e. The highest BCUT2D eigenvalue weighted by molar-refractivity contribution is 7.14. The second kappa shape index (κ2) is 8.63. The molecule has 3 N–H and O–H groups in total. The molecule has 0 unspecified atom stereocenters. The molecule has 0 aliphatic heterocycles. The molecule has 0 bridgehead atoms. The fourth-order valence-corrected chi connectivity index (χ4v) is 4.95. The second-order valence-electron chi connectivity index (χ2n) is 6.75. The van der Waals surface area contributed by atoms with Crippen LogP contribution in [0.5, 0.6) is 0 Å². The lowest BCUT2D eigenvalue weighted by molar-refractivity contribution is -0.120. The number of thiophene rings is 2. The number of aromatic amines is 1. The number of nitrogens with one attached hydrogen (secondary N) is 3. The summed E-state index contributed by atoms with van der Waals surface area (Å²) in [4.78, 5) is 30.7. The van der Waals surface area contributed by atoms with Gasteiger partial charge in [0.25, 0.3) is 5.91 Å². The third kappa shape index (κ3) is 4.41. The summed E-state index contributed by atoms with van der Waals surface area (Å²) in [6.07, 6.45) is 2.02. The van der Waals surface area contributed by atoms with Crippen molar-refractivity contribution >= 4 is 45.4 Å². The summed E-state index contributed by atoms with van der Waals surface area (Å²) in [6.45, 7) is 2.37. The Kier molecular flexibility index (Phi) is 5.78. The molecular formula is C22H21N3O2S2. The molecule has 2 amide bonds. The zero-order valence-corrected chi connectivity index (χ0v) is 17.5. The molecule has 0 fully saturated rings. The summed E-state index contributed by atoms with van der Waals surface area (Å²) >= 11 is 3.09. The van der Waals surface area contributed by atoms with Gasteiger partial charge >= 0.3 is 0 Å². The topological polar surface area (TPSA) is 74.0 Å². The number of aromatic nitrogens is 1. The molecule has 3 heterocycles. The zero-order chi connectivity index (χ0) is 20.2. The number of carbonyl (C=O) groups is 2. The molecule has 1 atom stereocenters. The average molecular weight is 424 g/mol. The number of H-pyrrole nitrogens is 1. The van der Waals surface area contributed by atoms with Crippen LogP contribution in [0.15, 0.2) is 60.1 Å². The standard InChI is InChI=1S/C22H21N3O2S2/c1-14-8-9-20(29-14)22(27)25-13-21(26)24-12-17(19-7-4-10-28-19)16-11-23-18-6-3-2-5-15(16)18/h2-11,17,23H,12-13H2,1H3,(H,24,26)(H,25,27)/t17-/m1/s1. The van der Waals surface area contributed by atoms with Crippen molar-refractivity contribution in [3.05, 3.63) is 80.3 Å². The number of hydrogen-bond donors (Lipinski definition) is 3. The Morgan fingerprint density at radius 2 is 1.93 bits per heavy atom. The van der Waals surface area contributed by atoms with Gasteiger partial charge in [-0.2, -0.15) is 0 Å². The highest BCUT2D eigenvalue weighted by Gasteiger charge is 2.20. The molecule has 148 valence electrons. The van der Waals surface area contributed by atoms with E-state index >= 15 is 0 Å². The maximum atomic E-state index is 12.4. The maximum Gasteiger partial charge on any atom is 0.261 e. The van der Waals surface area contributed by atoms with Gasteiger partial charge in [0.2, 0.25) is 5.91 Å². The van der Waals surface area contributed by atoms with E-state index in [-0.39, 0.29) is 24.3 Å². The largest absolute Gasteiger partial charge is 0.361 e. The molecule has 5 nitrogen and oxygen atoms in total. The minimum atomic E-state index is -0.218. The molecule has 0 saturated carbocycles. The first-order chi connectivity index (χ1) is 14.1. The third-order valence-corrected chi connectivity index (χ3v) is 6.75. The smallest absolute Gasteiger partial charge is 0.261 e. The van der Waals surface area contributed by atoms with Crippen molar-refractivity contribution < 1.29 is 9.59 Å². The predicted molar refractivity (Wildman–Crippen MR) is 119 cm³/mol. The van der Waals surface area contributed by atoms with Crippen LogP contribution in [0.3, 0.4) is 0 Å².